The Morgan fingerprint density at radius 1 is 1.09 bits per heavy atom. The van der Waals surface area contributed by atoms with Gasteiger partial charge in [-0.3, -0.25) is 4.79 Å². The van der Waals surface area contributed by atoms with E-state index < -0.39 is 0 Å². The highest BCUT2D eigenvalue weighted by atomic mass is 16.5. The summed E-state index contributed by atoms with van der Waals surface area (Å²) >= 11 is 0. The molecule has 0 spiro atoms. The monoisotopic (exact) mass is 303 g/mol. The van der Waals surface area contributed by atoms with E-state index in [-0.39, 0.29) is 24.0 Å². The summed E-state index contributed by atoms with van der Waals surface area (Å²) in [7, 11) is 0. The van der Waals surface area contributed by atoms with E-state index in [1.165, 1.54) is 0 Å². The van der Waals surface area contributed by atoms with Gasteiger partial charge in [0.2, 0.25) is 5.91 Å². The van der Waals surface area contributed by atoms with Crippen molar-refractivity contribution in [3.8, 4) is 0 Å². The number of carbonyl (C=O) groups is 1. The number of ether oxygens (including phenoxy) is 1. The summed E-state index contributed by atoms with van der Waals surface area (Å²) < 4.78 is 5.80. The summed E-state index contributed by atoms with van der Waals surface area (Å²) in [5, 5.41) is 9.66. The first-order valence-corrected chi connectivity index (χ1v) is 8.34. The van der Waals surface area contributed by atoms with E-state index in [0.29, 0.717) is 13.3 Å². The molecule has 1 N–H and O–H groups in total. The van der Waals surface area contributed by atoms with Crippen molar-refractivity contribution in [1.29, 1.82) is 0 Å². The molecule has 4 nitrogen and oxygen atoms in total. The Hall–Kier alpha value is -1.39. The lowest BCUT2D eigenvalue weighted by atomic mass is 9.92. The Bertz CT molecular complexity index is 478. The predicted molar refractivity (Wildman–Crippen MR) is 83.9 cm³/mol. The van der Waals surface area contributed by atoms with Crippen LogP contribution in [0.1, 0.15) is 44.1 Å². The van der Waals surface area contributed by atoms with Gasteiger partial charge < -0.3 is 14.7 Å². The third-order valence-corrected chi connectivity index (χ3v) is 4.66. The molecular weight excluding hydrogens is 278 g/mol. The Morgan fingerprint density at radius 3 is 2.41 bits per heavy atom. The van der Waals surface area contributed by atoms with Crippen LogP contribution < -0.4 is 0 Å². The number of aliphatic hydroxyl groups excluding tert-OH is 1. The predicted octanol–water partition coefficient (Wildman–Crippen LogP) is 2.70. The molecule has 0 saturated heterocycles. The fourth-order valence-electron chi connectivity index (χ4n) is 3.12. The van der Waals surface area contributed by atoms with Crippen molar-refractivity contribution >= 4 is 5.91 Å². The summed E-state index contributed by atoms with van der Waals surface area (Å²) in [5.74, 6) is 0.460. The number of hydrogen-bond donors (Lipinski definition) is 1. The highest BCUT2D eigenvalue weighted by molar-refractivity contribution is 5.81. The quantitative estimate of drug-likeness (QED) is 0.822. The molecule has 4 heteroatoms. The van der Waals surface area contributed by atoms with Crippen molar-refractivity contribution in [3.05, 3.63) is 35.9 Å². The number of amides is 1. The van der Waals surface area contributed by atoms with Crippen LogP contribution in [0.5, 0.6) is 0 Å². The lowest BCUT2D eigenvalue weighted by molar-refractivity contribution is -0.144. The van der Waals surface area contributed by atoms with Gasteiger partial charge in [0.15, 0.2) is 0 Å². The lowest BCUT2D eigenvalue weighted by Gasteiger charge is -2.35. The number of rotatable bonds is 6. The molecule has 1 amide bonds. The molecule has 0 heterocycles. The van der Waals surface area contributed by atoms with Gasteiger partial charge in [-0.2, -0.15) is 0 Å². The third-order valence-electron chi connectivity index (χ3n) is 4.66. The zero-order chi connectivity index (χ0) is 15.4. The van der Waals surface area contributed by atoms with E-state index >= 15 is 0 Å². The van der Waals surface area contributed by atoms with Crippen LogP contribution in [-0.4, -0.2) is 34.8 Å². The van der Waals surface area contributed by atoms with Gasteiger partial charge in [0.25, 0.3) is 0 Å². The summed E-state index contributed by atoms with van der Waals surface area (Å²) in [6.07, 6.45) is 5.18. The first kappa shape index (κ1) is 15.5. The van der Waals surface area contributed by atoms with Crippen molar-refractivity contribution in [2.24, 2.45) is 5.92 Å². The van der Waals surface area contributed by atoms with Crippen molar-refractivity contribution < 1.29 is 14.6 Å². The molecular formula is C18H25NO3. The van der Waals surface area contributed by atoms with Crippen LogP contribution in [0.3, 0.4) is 0 Å². The minimum Gasteiger partial charge on any atom is -0.393 e. The zero-order valence-corrected chi connectivity index (χ0v) is 13.0. The van der Waals surface area contributed by atoms with Gasteiger partial charge in [-0.25, -0.2) is 0 Å². The average Bonchev–Trinajstić information content (AvgIpc) is 3.38. The minimum atomic E-state index is -0.195. The molecule has 2 fully saturated rings. The Kier molecular flexibility index (Phi) is 5.11. The van der Waals surface area contributed by atoms with E-state index in [9.17, 15) is 9.90 Å². The number of benzene rings is 1. The van der Waals surface area contributed by atoms with Crippen molar-refractivity contribution in [1.82, 2.24) is 4.90 Å². The van der Waals surface area contributed by atoms with Gasteiger partial charge in [0.1, 0.15) is 6.73 Å². The average molecular weight is 303 g/mol. The maximum Gasteiger partial charge on any atom is 0.227 e. The fraction of sp³-hybridized carbons (Fsp3) is 0.611. The SMILES string of the molecule is O=C(C1CC1)N(COCc1ccccc1)C1CCC(O)CC1. The van der Waals surface area contributed by atoms with Gasteiger partial charge in [-0.05, 0) is 44.1 Å². The van der Waals surface area contributed by atoms with Crippen molar-refractivity contribution in [2.75, 3.05) is 6.73 Å². The highest BCUT2D eigenvalue weighted by Crippen LogP contribution is 2.33. The fourth-order valence-corrected chi connectivity index (χ4v) is 3.12. The maximum atomic E-state index is 12.5. The van der Waals surface area contributed by atoms with Gasteiger partial charge >= 0.3 is 0 Å². The minimum absolute atomic E-state index is 0.195. The number of nitrogens with zero attached hydrogens (tertiary/aromatic N) is 1. The molecule has 0 radical (unpaired) electrons. The molecule has 2 aliphatic carbocycles. The Morgan fingerprint density at radius 2 is 1.77 bits per heavy atom. The van der Waals surface area contributed by atoms with E-state index in [1.54, 1.807) is 0 Å². The van der Waals surface area contributed by atoms with Gasteiger partial charge in [0.05, 0.1) is 12.7 Å². The molecule has 3 rings (SSSR count). The molecule has 0 atom stereocenters. The first-order chi connectivity index (χ1) is 10.7. The normalized spacial score (nSPS) is 25.0. The van der Waals surface area contributed by atoms with E-state index in [4.69, 9.17) is 4.74 Å². The summed E-state index contributed by atoms with van der Waals surface area (Å²) in [6.45, 7) is 0.898. The van der Waals surface area contributed by atoms with Gasteiger partial charge in [0, 0.05) is 12.0 Å². The standard InChI is InChI=1S/C18H25NO3/c20-17-10-8-16(9-11-17)19(18(21)15-6-7-15)13-22-12-14-4-2-1-3-5-14/h1-5,15-17,20H,6-13H2. The number of aliphatic hydroxyl groups is 1. The van der Waals surface area contributed by atoms with Gasteiger partial charge in [-0.15, -0.1) is 0 Å². The molecule has 0 aromatic heterocycles. The van der Waals surface area contributed by atoms with Crippen LogP contribution >= 0.6 is 0 Å². The Labute approximate surface area is 132 Å². The smallest absolute Gasteiger partial charge is 0.227 e. The van der Waals surface area contributed by atoms with Crippen LogP contribution in [-0.2, 0) is 16.1 Å². The van der Waals surface area contributed by atoms with Crippen LogP contribution in [0.25, 0.3) is 0 Å². The van der Waals surface area contributed by atoms with Crippen LogP contribution in [0, 0.1) is 5.92 Å². The summed E-state index contributed by atoms with van der Waals surface area (Å²) in [5.41, 5.74) is 1.13. The lowest BCUT2D eigenvalue weighted by Crippen LogP contribution is -2.45. The molecule has 0 aliphatic heterocycles. The molecule has 0 unspecified atom stereocenters. The van der Waals surface area contributed by atoms with Crippen molar-refractivity contribution in [3.63, 3.8) is 0 Å². The maximum absolute atomic E-state index is 12.5. The zero-order valence-electron chi connectivity index (χ0n) is 13.0. The third kappa shape index (κ3) is 4.08. The van der Waals surface area contributed by atoms with Crippen LogP contribution in [0.15, 0.2) is 30.3 Å². The highest BCUT2D eigenvalue weighted by Gasteiger charge is 2.37. The molecule has 2 aliphatic rings. The largest absolute Gasteiger partial charge is 0.393 e. The number of hydrogen-bond acceptors (Lipinski definition) is 3. The van der Waals surface area contributed by atoms with E-state index in [0.717, 1.165) is 44.1 Å². The number of carbonyl (C=O) groups excluding carboxylic acids is 1. The summed E-state index contributed by atoms with van der Waals surface area (Å²) in [6, 6.07) is 10.3. The topological polar surface area (TPSA) is 49.8 Å². The second-order valence-corrected chi connectivity index (χ2v) is 6.51. The van der Waals surface area contributed by atoms with Crippen molar-refractivity contribution in [2.45, 2.75) is 57.3 Å². The van der Waals surface area contributed by atoms with Crippen LogP contribution in [0.4, 0.5) is 0 Å². The summed E-state index contributed by atoms with van der Waals surface area (Å²) in [4.78, 5) is 14.4. The Balaban J connectivity index is 1.55. The second kappa shape index (κ2) is 7.25. The molecule has 22 heavy (non-hydrogen) atoms. The van der Waals surface area contributed by atoms with Crippen LogP contribution in [0.2, 0.25) is 0 Å². The molecule has 1 aromatic rings. The molecule has 1 aromatic carbocycles. The molecule has 0 bridgehead atoms. The first-order valence-electron chi connectivity index (χ1n) is 8.34. The second-order valence-electron chi connectivity index (χ2n) is 6.51. The molecule has 120 valence electrons. The van der Waals surface area contributed by atoms with Gasteiger partial charge in [-0.1, -0.05) is 30.3 Å². The molecule has 2 saturated carbocycles. The van der Waals surface area contributed by atoms with E-state index in [2.05, 4.69) is 0 Å². The van der Waals surface area contributed by atoms with E-state index in [1.807, 2.05) is 35.2 Å².